The Morgan fingerprint density at radius 2 is 1.39 bits per heavy atom. The van der Waals surface area contributed by atoms with Crippen molar-refractivity contribution in [1.29, 1.82) is 0 Å². The van der Waals surface area contributed by atoms with Gasteiger partial charge in [0.1, 0.15) is 11.5 Å². The first-order valence-corrected chi connectivity index (χ1v) is 10.8. The summed E-state index contributed by atoms with van der Waals surface area (Å²) < 4.78 is 17.0. The third-order valence-electron chi connectivity index (χ3n) is 3.97. The van der Waals surface area contributed by atoms with E-state index in [1.807, 2.05) is 18.2 Å². The Labute approximate surface area is 205 Å². The topological polar surface area (TPSA) is 44.8 Å². The van der Waals surface area contributed by atoms with Gasteiger partial charge in [0.05, 0.1) is 34.4 Å². The fourth-order valence-corrected chi connectivity index (χ4v) is 3.18. The molecule has 0 N–H and O–H groups in total. The minimum absolute atomic E-state index is 0. The molecule has 0 spiro atoms. The Bertz CT molecular complexity index is 836. The van der Waals surface area contributed by atoms with Crippen molar-refractivity contribution in [1.82, 2.24) is 0 Å². The van der Waals surface area contributed by atoms with Crippen molar-refractivity contribution in [3.05, 3.63) is 56.5 Å². The lowest BCUT2D eigenvalue weighted by Crippen LogP contribution is -2.05. The van der Waals surface area contributed by atoms with Gasteiger partial charge in [0.2, 0.25) is 0 Å². The monoisotopic (exact) mass is 534 g/mol. The average Bonchev–Trinajstić information content (AvgIpc) is 3.56. The minimum atomic E-state index is -0.359. The molecule has 0 aromatic heterocycles. The molecule has 4 nitrogen and oxygen atoms in total. The number of hydrogen-bond donors (Lipinski definition) is 0. The first-order valence-electron chi connectivity index (χ1n) is 9.21. The zero-order valence-electron chi connectivity index (χ0n) is 15.4. The van der Waals surface area contributed by atoms with Crippen molar-refractivity contribution in [2.45, 2.75) is 67.1 Å². The van der Waals surface area contributed by atoms with Gasteiger partial charge in [-0.15, -0.1) is 0 Å². The molecule has 2 aliphatic rings. The number of halogens is 3. The van der Waals surface area contributed by atoms with Gasteiger partial charge >= 0.3 is 5.97 Å². The number of benzene rings is 2. The third-order valence-corrected chi connectivity index (χ3v) is 5.06. The molecule has 0 radical (unpaired) electrons. The van der Waals surface area contributed by atoms with Crippen LogP contribution < -0.4 is 9.47 Å². The van der Waals surface area contributed by atoms with Crippen LogP contribution in [0.4, 0.5) is 0 Å². The van der Waals surface area contributed by atoms with Crippen LogP contribution in [0.2, 0.25) is 10.0 Å². The molecule has 174 valence electrons. The summed E-state index contributed by atoms with van der Waals surface area (Å²) in [6, 6.07) is 10.6. The number of esters is 1. The predicted molar refractivity (Wildman–Crippen MR) is 134 cm³/mol. The maximum atomic E-state index is 11.4. The van der Waals surface area contributed by atoms with Gasteiger partial charge < -0.3 is 14.2 Å². The summed E-state index contributed by atoms with van der Waals surface area (Å²) in [5.41, 5.74) is 0.454. The summed E-state index contributed by atoms with van der Waals surface area (Å²) in [5, 5.41) is 1.13. The van der Waals surface area contributed by atoms with Gasteiger partial charge in [0.15, 0.2) is 0 Å². The van der Waals surface area contributed by atoms with Crippen molar-refractivity contribution >= 4 is 45.1 Å². The summed E-state index contributed by atoms with van der Waals surface area (Å²) in [5.74, 6) is 1.07. The molecule has 0 bridgehead atoms. The van der Waals surface area contributed by atoms with Gasteiger partial charge in [-0.25, -0.2) is 4.79 Å². The second kappa shape index (κ2) is 13.9. The Balaban J connectivity index is 0.000000545. The highest BCUT2D eigenvalue weighted by molar-refractivity contribution is 9.10. The van der Waals surface area contributed by atoms with Crippen LogP contribution in [0.1, 0.15) is 65.2 Å². The molecule has 0 saturated heterocycles. The SMILES string of the molecule is C.C.C.CCOC(=O)c1ccc(OC2CC2)c(Cl)c1.Clc1cc(Br)ccc1OC1CC1. The fraction of sp³-hybridized carbons (Fsp3) is 0.458. The highest BCUT2D eigenvalue weighted by Gasteiger charge is 2.25. The maximum Gasteiger partial charge on any atom is 0.338 e. The maximum absolute atomic E-state index is 11.4. The van der Waals surface area contributed by atoms with E-state index in [1.165, 1.54) is 0 Å². The molecule has 0 atom stereocenters. The van der Waals surface area contributed by atoms with Crippen LogP contribution in [-0.2, 0) is 4.74 Å². The van der Waals surface area contributed by atoms with Gasteiger partial charge in [-0.3, -0.25) is 0 Å². The quantitative estimate of drug-likeness (QED) is 0.347. The fourth-order valence-electron chi connectivity index (χ4n) is 2.24. The van der Waals surface area contributed by atoms with E-state index in [9.17, 15) is 4.79 Å². The summed E-state index contributed by atoms with van der Waals surface area (Å²) >= 11 is 15.3. The lowest BCUT2D eigenvalue weighted by molar-refractivity contribution is 0.0526. The predicted octanol–water partition coefficient (Wildman–Crippen LogP) is 8.61. The van der Waals surface area contributed by atoms with E-state index in [1.54, 1.807) is 25.1 Å². The van der Waals surface area contributed by atoms with Crippen LogP contribution in [0.5, 0.6) is 11.5 Å². The molecule has 2 aromatic carbocycles. The number of carbonyl (C=O) groups is 1. The van der Waals surface area contributed by atoms with Crippen LogP contribution in [0.3, 0.4) is 0 Å². The smallest absolute Gasteiger partial charge is 0.338 e. The lowest BCUT2D eigenvalue weighted by atomic mass is 10.2. The normalized spacial score (nSPS) is 13.8. The Morgan fingerprint density at radius 1 is 0.903 bits per heavy atom. The van der Waals surface area contributed by atoms with E-state index in [-0.39, 0.29) is 28.2 Å². The molecular formula is C24H33BrCl2O4. The average molecular weight is 536 g/mol. The van der Waals surface area contributed by atoms with E-state index in [0.717, 1.165) is 35.9 Å². The third kappa shape index (κ3) is 9.71. The molecule has 2 saturated carbocycles. The summed E-state index contributed by atoms with van der Waals surface area (Å²) in [7, 11) is 0. The number of ether oxygens (including phenoxy) is 3. The van der Waals surface area contributed by atoms with Gasteiger partial charge in [-0.05, 0) is 69.0 Å². The Hall–Kier alpha value is -1.43. The standard InChI is InChI=1S/C12H13ClO3.C9H8BrClO.3CH4/c1-2-15-12(14)8-3-6-11(10(13)7-8)16-9-4-5-9;10-6-1-4-9(8(11)5-6)12-7-2-3-7;;;/h3,6-7,9H,2,4-5H2,1H3;1,4-5,7H,2-3H2;3*1H4. The molecule has 0 aliphatic heterocycles. The molecule has 2 aromatic rings. The lowest BCUT2D eigenvalue weighted by Gasteiger charge is -2.08. The zero-order chi connectivity index (χ0) is 20.1. The van der Waals surface area contributed by atoms with Gasteiger partial charge in [0, 0.05) is 4.47 Å². The summed E-state index contributed by atoms with van der Waals surface area (Å²) in [4.78, 5) is 11.4. The molecule has 2 fully saturated rings. The molecule has 0 unspecified atom stereocenters. The Kier molecular flexibility index (Phi) is 13.2. The second-order valence-corrected chi connectivity index (χ2v) is 8.30. The first kappa shape index (κ1) is 29.6. The van der Waals surface area contributed by atoms with E-state index in [4.69, 9.17) is 37.4 Å². The number of carbonyl (C=O) groups excluding carboxylic acids is 1. The number of hydrogen-bond acceptors (Lipinski definition) is 4. The van der Waals surface area contributed by atoms with Crippen molar-refractivity contribution in [2.75, 3.05) is 6.61 Å². The minimum Gasteiger partial charge on any atom is -0.489 e. The first-order chi connectivity index (χ1) is 13.5. The van der Waals surface area contributed by atoms with E-state index in [2.05, 4.69) is 15.9 Å². The van der Waals surface area contributed by atoms with Crippen molar-refractivity contribution in [3.63, 3.8) is 0 Å². The Morgan fingerprint density at radius 3 is 1.81 bits per heavy atom. The van der Waals surface area contributed by atoms with E-state index >= 15 is 0 Å². The molecular weight excluding hydrogens is 503 g/mol. The van der Waals surface area contributed by atoms with Crippen LogP contribution in [0.15, 0.2) is 40.9 Å². The van der Waals surface area contributed by atoms with Crippen LogP contribution >= 0.6 is 39.1 Å². The van der Waals surface area contributed by atoms with Crippen molar-refractivity contribution in [2.24, 2.45) is 0 Å². The summed E-state index contributed by atoms with van der Waals surface area (Å²) in [6.45, 7) is 2.13. The zero-order valence-corrected chi connectivity index (χ0v) is 18.5. The van der Waals surface area contributed by atoms with Gasteiger partial charge in [-0.2, -0.15) is 0 Å². The van der Waals surface area contributed by atoms with Crippen LogP contribution in [0.25, 0.3) is 0 Å². The largest absolute Gasteiger partial charge is 0.489 e. The summed E-state index contributed by atoms with van der Waals surface area (Å²) in [6.07, 6.45) is 5.18. The molecule has 7 heteroatoms. The van der Waals surface area contributed by atoms with Crippen molar-refractivity contribution in [3.8, 4) is 11.5 Å². The molecule has 4 rings (SSSR count). The molecule has 0 amide bonds. The van der Waals surface area contributed by atoms with Gasteiger partial charge in [0.25, 0.3) is 0 Å². The highest BCUT2D eigenvalue weighted by Crippen LogP contribution is 2.34. The second-order valence-electron chi connectivity index (χ2n) is 6.57. The van der Waals surface area contributed by atoms with Crippen molar-refractivity contribution < 1.29 is 19.0 Å². The van der Waals surface area contributed by atoms with Crippen LogP contribution in [0, 0.1) is 0 Å². The molecule has 31 heavy (non-hydrogen) atoms. The van der Waals surface area contributed by atoms with Gasteiger partial charge in [-0.1, -0.05) is 61.4 Å². The molecule has 2 aliphatic carbocycles. The van der Waals surface area contributed by atoms with E-state index < -0.39 is 0 Å². The van der Waals surface area contributed by atoms with E-state index in [0.29, 0.717) is 40.2 Å². The number of rotatable bonds is 6. The van der Waals surface area contributed by atoms with Crippen LogP contribution in [-0.4, -0.2) is 24.8 Å². The highest BCUT2D eigenvalue weighted by atomic mass is 79.9. The molecule has 0 heterocycles.